The van der Waals surface area contributed by atoms with E-state index in [1.807, 2.05) is 36.4 Å². The third-order valence-corrected chi connectivity index (χ3v) is 3.40. The van der Waals surface area contributed by atoms with Gasteiger partial charge in [0.1, 0.15) is 0 Å². The van der Waals surface area contributed by atoms with Crippen LogP contribution >= 0.6 is 15.9 Å². The molecule has 0 unspecified atom stereocenters. The normalized spacial score (nSPS) is 11.6. The number of sulfonamides is 1. The molecule has 3 nitrogen and oxygen atoms in total. The van der Waals surface area contributed by atoms with Crippen molar-refractivity contribution < 1.29 is 8.42 Å². The fourth-order valence-corrected chi connectivity index (χ4v) is 2.70. The van der Waals surface area contributed by atoms with Crippen molar-refractivity contribution in [3.8, 4) is 0 Å². The van der Waals surface area contributed by atoms with Gasteiger partial charge in [-0.25, -0.2) is 8.42 Å². The smallest absolute Gasteiger partial charge is 0.229 e. The molecule has 0 atom stereocenters. The highest BCUT2D eigenvalue weighted by atomic mass is 79.9. The summed E-state index contributed by atoms with van der Waals surface area (Å²) in [6.45, 7) is 0. The summed E-state index contributed by atoms with van der Waals surface area (Å²) in [6.07, 6.45) is 1.14. The first-order valence-electron chi connectivity index (χ1n) is 4.62. The molecule has 0 heterocycles. The summed E-state index contributed by atoms with van der Waals surface area (Å²) in [5.41, 5.74) is 0.584. The molecule has 16 heavy (non-hydrogen) atoms. The number of benzene rings is 2. The van der Waals surface area contributed by atoms with Gasteiger partial charge in [0, 0.05) is 9.86 Å². The summed E-state index contributed by atoms with van der Waals surface area (Å²) in [5, 5.41) is 1.87. The molecule has 5 heteroatoms. The SMILES string of the molecule is CS(=O)(=O)Nc1c(Br)ccc2ccccc12. The molecule has 0 radical (unpaired) electrons. The first-order chi connectivity index (χ1) is 7.47. The topological polar surface area (TPSA) is 46.2 Å². The van der Waals surface area contributed by atoms with E-state index in [1.165, 1.54) is 0 Å². The largest absolute Gasteiger partial charge is 0.282 e. The summed E-state index contributed by atoms with van der Waals surface area (Å²) in [4.78, 5) is 0. The quantitative estimate of drug-likeness (QED) is 0.927. The zero-order valence-corrected chi connectivity index (χ0v) is 11.0. The van der Waals surface area contributed by atoms with Crippen molar-refractivity contribution in [3.63, 3.8) is 0 Å². The number of rotatable bonds is 2. The van der Waals surface area contributed by atoms with Crippen molar-refractivity contribution in [1.29, 1.82) is 0 Å². The van der Waals surface area contributed by atoms with E-state index in [1.54, 1.807) is 0 Å². The van der Waals surface area contributed by atoms with Crippen LogP contribution in [0.2, 0.25) is 0 Å². The van der Waals surface area contributed by atoms with Gasteiger partial charge in [-0.15, -0.1) is 0 Å². The summed E-state index contributed by atoms with van der Waals surface area (Å²) in [6, 6.07) is 11.4. The molecule has 0 fully saturated rings. The van der Waals surface area contributed by atoms with Crippen molar-refractivity contribution in [1.82, 2.24) is 0 Å². The predicted molar refractivity (Wildman–Crippen MR) is 70.1 cm³/mol. The molecule has 0 aromatic heterocycles. The zero-order chi connectivity index (χ0) is 11.8. The van der Waals surface area contributed by atoms with Crippen LogP contribution in [0.5, 0.6) is 0 Å². The van der Waals surface area contributed by atoms with Gasteiger partial charge in [0.05, 0.1) is 11.9 Å². The third-order valence-electron chi connectivity index (χ3n) is 2.17. The van der Waals surface area contributed by atoms with Crippen LogP contribution in [0, 0.1) is 0 Å². The highest BCUT2D eigenvalue weighted by molar-refractivity contribution is 9.10. The minimum absolute atomic E-state index is 0.584. The molecule has 2 rings (SSSR count). The lowest BCUT2D eigenvalue weighted by molar-refractivity contribution is 0.607. The Labute approximate surface area is 103 Å². The minimum atomic E-state index is -3.27. The Morgan fingerprint density at radius 3 is 2.50 bits per heavy atom. The Balaban J connectivity index is 2.71. The molecule has 1 N–H and O–H groups in total. The summed E-state index contributed by atoms with van der Waals surface area (Å²) in [5.74, 6) is 0. The number of hydrogen-bond acceptors (Lipinski definition) is 2. The first-order valence-corrected chi connectivity index (χ1v) is 7.31. The molecular weight excluding hydrogens is 290 g/mol. The van der Waals surface area contributed by atoms with Crippen molar-refractivity contribution in [2.75, 3.05) is 11.0 Å². The number of fused-ring (bicyclic) bond motifs is 1. The number of anilines is 1. The molecule has 0 saturated heterocycles. The lowest BCUT2D eigenvalue weighted by Gasteiger charge is -2.10. The third kappa shape index (κ3) is 2.36. The van der Waals surface area contributed by atoms with Gasteiger partial charge >= 0.3 is 0 Å². The van der Waals surface area contributed by atoms with Gasteiger partial charge in [-0.1, -0.05) is 30.3 Å². The molecular formula is C11H10BrNO2S. The molecule has 0 bridgehead atoms. The Kier molecular flexibility index (Phi) is 2.90. The number of halogens is 1. The van der Waals surface area contributed by atoms with Crippen LogP contribution in [0.1, 0.15) is 0 Å². The van der Waals surface area contributed by atoms with E-state index < -0.39 is 10.0 Å². The van der Waals surface area contributed by atoms with E-state index in [-0.39, 0.29) is 0 Å². The Morgan fingerprint density at radius 1 is 1.12 bits per heavy atom. The van der Waals surface area contributed by atoms with Crippen LogP contribution in [0.25, 0.3) is 10.8 Å². The zero-order valence-electron chi connectivity index (χ0n) is 8.57. The molecule has 0 aliphatic heterocycles. The molecule has 84 valence electrons. The molecule has 2 aromatic carbocycles. The average molecular weight is 300 g/mol. The van der Waals surface area contributed by atoms with Crippen LogP contribution in [0.4, 0.5) is 5.69 Å². The first kappa shape index (κ1) is 11.4. The van der Waals surface area contributed by atoms with E-state index in [4.69, 9.17) is 0 Å². The highest BCUT2D eigenvalue weighted by Gasteiger charge is 2.09. The van der Waals surface area contributed by atoms with Gasteiger partial charge in [0.25, 0.3) is 0 Å². The molecule has 2 aromatic rings. The van der Waals surface area contributed by atoms with Crippen LogP contribution in [-0.2, 0) is 10.0 Å². The van der Waals surface area contributed by atoms with Crippen LogP contribution in [0.3, 0.4) is 0 Å². The van der Waals surface area contributed by atoms with E-state index >= 15 is 0 Å². The standard InChI is InChI=1S/C11H10BrNO2S/c1-16(14,15)13-11-9-5-3-2-4-8(9)6-7-10(11)12/h2-7,13H,1H3. The van der Waals surface area contributed by atoms with Crippen LogP contribution in [0.15, 0.2) is 40.9 Å². The van der Waals surface area contributed by atoms with Gasteiger partial charge < -0.3 is 0 Å². The van der Waals surface area contributed by atoms with Gasteiger partial charge in [-0.2, -0.15) is 0 Å². The highest BCUT2D eigenvalue weighted by Crippen LogP contribution is 2.31. The van der Waals surface area contributed by atoms with Gasteiger partial charge in [-0.05, 0) is 27.4 Å². The average Bonchev–Trinajstić information content (AvgIpc) is 2.21. The van der Waals surface area contributed by atoms with E-state index in [0.29, 0.717) is 5.69 Å². The predicted octanol–water partition coefficient (Wildman–Crippen LogP) is 2.97. The van der Waals surface area contributed by atoms with Gasteiger partial charge in [0.2, 0.25) is 10.0 Å². The maximum atomic E-state index is 11.3. The van der Waals surface area contributed by atoms with Gasteiger partial charge in [0.15, 0.2) is 0 Å². The van der Waals surface area contributed by atoms with E-state index in [9.17, 15) is 8.42 Å². The Morgan fingerprint density at radius 2 is 1.81 bits per heavy atom. The molecule has 0 spiro atoms. The monoisotopic (exact) mass is 299 g/mol. The lowest BCUT2D eigenvalue weighted by Crippen LogP contribution is -2.10. The second-order valence-electron chi connectivity index (χ2n) is 3.52. The Hall–Kier alpha value is -1.07. The second-order valence-corrected chi connectivity index (χ2v) is 6.12. The van der Waals surface area contributed by atoms with Crippen molar-refractivity contribution in [2.24, 2.45) is 0 Å². The van der Waals surface area contributed by atoms with E-state index in [0.717, 1.165) is 21.5 Å². The van der Waals surface area contributed by atoms with Gasteiger partial charge in [-0.3, -0.25) is 4.72 Å². The van der Waals surface area contributed by atoms with Crippen LogP contribution < -0.4 is 4.72 Å². The second kappa shape index (κ2) is 4.07. The fraction of sp³-hybridized carbons (Fsp3) is 0.0909. The maximum Gasteiger partial charge on any atom is 0.229 e. The molecule has 0 saturated carbocycles. The molecule has 0 amide bonds. The lowest BCUT2D eigenvalue weighted by atomic mass is 10.1. The Bertz CT molecular complexity index is 637. The number of nitrogens with one attached hydrogen (secondary N) is 1. The minimum Gasteiger partial charge on any atom is -0.282 e. The van der Waals surface area contributed by atoms with Crippen molar-refractivity contribution >= 4 is 42.4 Å². The van der Waals surface area contributed by atoms with Crippen molar-refractivity contribution in [3.05, 3.63) is 40.9 Å². The molecule has 0 aliphatic rings. The number of hydrogen-bond donors (Lipinski definition) is 1. The maximum absolute atomic E-state index is 11.3. The molecule has 0 aliphatic carbocycles. The summed E-state index contributed by atoms with van der Waals surface area (Å²) >= 11 is 3.34. The summed E-state index contributed by atoms with van der Waals surface area (Å²) in [7, 11) is -3.27. The van der Waals surface area contributed by atoms with Crippen molar-refractivity contribution in [2.45, 2.75) is 0 Å². The fourth-order valence-electron chi connectivity index (χ4n) is 1.53. The van der Waals surface area contributed by atoms with E-state index in [2.05, 4.69) is 20.7 Å². The van der Waals surface area contributed by atoms with Crippen LogP contribution in [-0.4, -0.2) is 14.7 Å². The summed E-state index contributed by atoms with van der Waals surface area (Å²) < 4.78 is 25.8.